The molecule has 3 N–H and O–H groups in total. The van der Waals surface area contributed by atoms with Gasteiger partial charge in [0.25, 0.3) is 0 Å². The molecule has 0 fully saturated rings. The number of thiocarbonyl (C=S) groups is 1. The van der Waals surface area contributed by atoms with E-state index in [0.29, 0.717) is 11.7 Å². The van der Waals surface area contributed by atoms with Crippen LogP contribution in [0.2, 0.25) is 0 Å². The summed E-state index contributed by atoms with van der Waals surface area (Å²) in [4.78, 5) is 4.29. The van der Waals surface area contributed by atoms with E-state index < -0.39 is 0 Å². The third kappa shape index (κ3) is 3.11. The van der Waals surface area contributed by atoms with Gasteiger partial charge in [0, 0.05) is 0 Å². The lowest BCUT2D eigenvalue weighted by atomic mass is 10.3. The molecule has 0 aliphatic heterocycles. The Hall–Kier alpha value is -1.80. The largest absolute Gasteiger partial charge is 0.494 e. The molecule has 8 heteroatoms. The highest BCUT2D eigenvalue weighted by molar-refractivity contribution is 7.80. The minimum absolute atomic E-state index is 0.0680. The van der Waals surface area contributed by atoms with E-state index in [-0.39, 0.29) is 5.11 Å². The highest BCUT2D eigenvalue weighted by atomic mass is 32.1. The van der Waals surface area contributed by atoms with Crippen molar-refractivity contribution in [2.75, 3.05) is 6.61 Å². The Morgan fingerprint density at radius 3 is 3.17 bits per heavy atom. The summed E-state index contributed by atoms with van der Waals surface area (Å²) in [6.45, 7) is 2.58. The van der Waals surface area contributed by atoms with Gasteiger partial charge in [0.15, 0.2) is 5.11 Å². The van der Waals surface area contributed by atoms with Crippen LogP contribution in [0, 0.1) is 0 Å². The van der Waals surface area contributed by atoms with Crippen molar-refractivity contribution >= 4 is 44.0 Å². The van der Waals surface area contributed by atoms with Gasteiger partial charge in [-0.15, -0.1) is 5.11 Å². The van der Waals surface area contributed by atoms with E-state index in [9.17, 15) is 0 Å². The van der Waals surface area contributed by atoms with E-state index in [1.807, 2.05) is 25.1 Å². The van der Waals surface area contributed by atoms with Gasteiger partial charge in [-0.05, 0) is 37.3 Å². The second-order valence-corrected chi connectivity index (χ2v) is 4.68. The topological polar surface area (TPSA) is 84.9 Å². The number of hydrogen-bond acceptors (Lipinski definition) is 6. The normalized spacial score (nSPS) is 10.9. The molecule has 6 nitrogen and oxygen atoms in total. The van der Waals surface area contributed by atoms with Crippen molar-refractivity contribution in [3.05, 3.63) is 18.2 Å². The lowest BCUT2D eigenvalue weighted by Gasteiger charge is -2.00. The molecule has 0 bridgehead atoms. The van der Waals surface area contributed by atoms with Crippen LogP contribution < -0.4 is 15.9 Å². The molecule has 94 valence electrons. The van der Waals surface area contributed by atoms with Gasteiger partial charge in [-0.1, -0.05) is 16.6 Å². The molecule has 0 radical (unpaired) electrons. The molecular weight excluding hydrogens is 270 g/mol. The maximum atomic E-state index is 5.41. The first-order valence-electron chi connectivity index (χ1n) is 5.18. The maximum Gasteiger partial charge on any atom is 0.232 e. The number of ether oxygens (including phenoxy) is 1. The van der Waals surface area contributed by atoms with Gasteiger partial charge in [0.05, 0.1) is 16.8 Å². The molecule has 0 aliphatic rings. The predicted octanol–water partition coefficient (Wildman–Crippen LogP) is 2.53. The van der Waals surface area contributed by atoms with E-state index in [1.54, 1.807) is 0 Å². The standard InChI is InChI=1S/C10H11N5OS2/c1-2-16-6-3-4-7-8(5-6)18-10(12-7)14-15-13-9(11)17/h3-5H,2H2,1H3,(H3,11,12,13,14,17). The van der Waals surface area contributed by atoms with Crippen molar-refractivity contribution in [1.29, 1.82) is 0 Å². The van der Waals surface area contributed by atoms with Gasteiger partial charge >= 0.3 is 0 Å². The SMILES string of the molecule is CCOc1ccc2nc(/N=N/NC(N)=S)sc2c1. The predicted molar refractivity (Wildman–Crippen MR) is 75.2 cm³/mol. The zero-order chi connectivity index (χ0) is 13.0. The molecule has 1 aromatic carbocycles. The molecule has 0 atom stereocenters. The number of nitrogens with one attached hydrogen (secondary N) is 1. The highest BCUT2D eigenvalue weighted by Crippen LogP contribution is 2.30. The molecule has 0 amide bonds. The van der Waals surface area contributed by atoms with Gasteiger partial charge in [-0.2, -0.15) is 0 Å². The second kappa shape index (κ2) is 5.69. The maximum absolute atomic E-state index is 5.41. The van der Waals surface area contributed by atoms with Crippen LogP contribution in [-0.4, -0.2) is 16.7 Å². The smallest absolute Gasteiger partial charge is 0.232 e. The average Bonchev–Trinajstić information content (AvgIpc) is 2.71. The monoisotopic (exact) mass is 281 g/mol. The van der Waals surface area contributed by atoms with Crippen LogP contribution in [0.1, 0.15) is 6.92 Å². The van der Waals surface area contributed by atoms with E-state index in [2.05, 4.69) is 33.0 Å². The number of benzene rings is 1. The zero-order valence-electron chi connectivity index (χ0n) is 9.58. The molecule has 0 spiro atoms. The van der Waals surface area contributed by atoms with Crippen LogP contribution in [-0.2, 0) is 0 Å². The molecule has 18 heavy (non-hydrogen) atoms. The Morgan fingerprint density at radius 2 is 2.44 bits per heavy atom. The second-order valence-electron chi connectivity index (χ2n) is 3.24. The van der Waals surface area contributed by atoms with Crippen LogP contribution in [0.25, 0.3) is 10.2 Å². The van der Waals surface area contributed by atoms with Crippen molar-refractivity contribution in [2.24, 2.45) is 16.1 Å². The summed E-state index contributed by atoms with van der Waals surface area (Å²) in [5.41, 5.74) is 8.45. The molecule has 0 unspecified atom stereocenters. The number of thiazole rings is 1. The molecule has 2 aromatic rings. The fraction of sp³-hybridized carbons (Fsp3) is 0.200. The molecule has 0 saturated carbocycles. The van der Waals surface area contributed by atoms with Gasteiger partial charge in [-0.3, -0.25) is 0 Å². The van der Waals surface area contributed by atoms with Gasteiger partial charge in [0.2, 0.25) is 5.13 Å². The Bertz CT molecular complexity index is 595. The summed E-state index contributed by atoms with van der Waals surface area (Å²) in [7, 11) is 0. The molecule has 0 saturated heterocycles. The zero-order valence-corrected chi connectivity index (χ0v) is 11.2. The number of nitrogens with two attached hydrogens (primary N) is 1. The van der Waals surface area contributed by atoms with Crippen molar-refractivity contribution in [3.63, 3.8) is 0 Å². The number of nitrogens with zero attached hydrogens (tertiary/aromatic N) is 3. The summed E-state index contributed by atoms with van der Waals surface area (Å²) in [6, 6.07) is 5.69. The number of hydrogen-bond donors (Lipinski definition) is 2. The lowest BCUT2D eigenvalue weighted by molar-refractivity contribution is 0.341. The van der Waals surface area contributed by atoms with Crippen LogP contribution in [0.3, 0.4) is 0 Å². The van der Waals surface area contributed by atoms with Crippen LogP contribution in [0.4, 0.5) is 5.13 Å². The fourth-order valence-corrected chi connectivity index (χ4v) is 2.17. The average molecular weight is 281 g/mol. The summed E-state index contributed by atoms with van der Waals surface area (Å²) in [6.07, 6.45) is 0. The van der Waals surface area contributed by atoms with Crippen LogP contribution in [0.5, 0.6) is 5.75 Å². The van der Waals surface area contributed by atoms with E-state index in [4.69, 9.17) is 10.5 Å². The minimum Gasteiger partial charge on any atom is -0.494 e. The van der Waals surface area contributed by atoms with Crippen LogP contribution in [0.15, 0.2) is 28.5 Å². The first-order valence-corrected chi connectivity index (χ1v) is 6.41. The first kappa shape index (κ1) is 12.7. The third-order valence-corrected chi connectivity index (χ3v) is 2.95. The van der Waals surface area contributed by atoms with Gasteiger partial charge in [-0.25, -0.2) is 10.4 Å². The Labute approximate surface area is 113 Å². The molecule has 0 aliphatic carbocycles. The molecular formula is C10H11N5OS2. The summed E-state index contributed by atoms with van der Waals surface area (Å²) >= 11 is 6.01. The Morgan fingerprint density at radius 1 is 1.61 bits per heavy atom. The summed E-state index contributed by atoms with van der Waals surface area (Å²) in [5, 5.41) is 8.09. The van der Waals surface area contributed by atoms with E-state index >= 15 is 0 Å². The van der Waals surface area contributed by atoms with Crippen molar-refractivity contribution in [2.45, 2.75) is 6.92 Å². The van der Waals surface area contributed by atoms with Crippen LogP contribution >= 0.6 is 23.6 Å². The number of aromatic nitrogens is 1. The highest BCUT2D eigenvalue weighted by Gasteiger charge is 2.04. The summed E-state index contributed by atoms with van der Waals surface area (Å²) < 4.78 is 6.41. The van der Waals surface area contributed by atoms with Gasteiger partial charge < -0.3 is 10.5 Å². The molecule has 1 heterocycles. The summed E-state index contributed by atoms with van der Waals surface area (Å²) in [5.74, 6) is 0.818. The Kier molecular flexibility index (Phi) is 4.00. The lowest BCUT2D eigenvalue weighted by Crippen LogP contribution is -2.23. The molecule has 2 rings (SSSR count). The molecule has 1 aromatic heterocycles. The third-order valence-electron chi connectivity index (χ3n) is 1.96. The van der Waals surface area contributed by atoms with E-state index in [0.717, 1.165) is 16.0 Å². The van der Waals surface area contributed by atoms with Crippen molar-refractivity contribution in [3.8, 4) is 5.75 Å². The fourth-order valence-electron chi connectivity index (χ4n) is 1.31. The van der Waals surface area contributed by atoms with Crippen molar-refractivity contribution < 1.29 is 4.74 Å². The minimum atomic E-state index is 0.0680. The number of rotatable bonds is 4. The first-order chi connectivity index (χ1) is 8.69. The van der Waals surface area contributed by atoms with Crippen molar-refractivity contribution in [1.82, 2.24) is 10.4 Å². The van der Waals surface area contributed by atoms with E-state index in [1.165, 1.54) is 11.3 Å². The quantitative estimate of drug-likeness (QED) is 0.511. The number of fused-ring (bicyclic) bond motifs is 1. The van der Waals surface area contributed by atoms with Gasteiger partial charge in [0.1, 0.15) is 5.75 Å². The Balaban J connectivity index is 2.21.